The zero-order valence-corrected chi connectivity index (χ0v) is 17.8. The van der Waals surface area contributed by atoms with E-state index in [1.165, 1.54) is 12.8 Å². The van der Waals surface area contributed by atoms with Crippen LogP contribution >= 0.6 is 11.8 Å². The van der Waals surface area contributed by atoms with Crippen molar-refractivity contribution >= 4 is 29.3 Å². The lowest BCUT2D eigenvalue weighted by Gasteiger charge is -2.29. The number of rotatable bonds is 7. The molecule has 0 unspecified atom stereocenters. The Kier molecular flexibility index (Phi) is 6.89. The molecule has 1 aromatic carbocycles. The Morgan fingerprint density at radius 1 is 1.13 bits per heavy atom. The molecular formula is C23H27N3O3S. The van der Waals surface area contributed by atoms with Crippen molar-refractivity contribution in [3.05, 3.63) is 48.2 Å². The Morgan fingerprint density at radius 2 is 1.97 bits per heavy atom. The normalized spacial score (nSPS) is 16.2. The highest BCUT2D eigenvalue weighted by Gasteiger charge is 2.23. The first-order valence-corrected chi connectivity index (χ1v) is 11.6. The summed E-state index contributed by atoms with van der Waals surface area (Å²) in [6.07, 6.45) is 6.80. The van der Waals surface area contributed by atoms with Crippen molar-refractivity contribution in [2.45, 2.75) is 56.1 Å². The molecule has 7 heteroatoms. The molecule has 1 aliphatic heterocycles. The zero-order valence-electron chi connectivity index (χ0n) is 17.0. The third kappa shape index (κ3) is 5.14. The lowest BCUT2D eigenvalue weighted by Crippen LogP contribution is -2.36. The number of carbonyl (C=O) groups excluding carboxylic acids is 2. The number of pyridine rings is 1. The molecule has 2 aliphatic rings. The number of amides is 2. The Morgan fingerprint density at radius 3 is 2.83 bits per heavy atom. The van der Waals surface area contributed by atoms with Gasteiger partial charge in [-0.1, -0.05) is 18.2 Å². The SMILES string of the molecule is O=C(CCC(=O)N1CCSc2ccccc21)NCc1cccnc1OC1CCCC1. The van der Waals surface area contributed by atoms with E-state index in [-0.39, 0.29) is 30.8 Å². The Hall–Kier alpha value is -2.54. The fraction of sp³-hybridized carbons (Fsp3) is 0.435. The largest absolute Gasteiger partial charge is 0.474 e. The standard InChI is InChI=1S/C23H27N3O3S/c27-21(11-12-22(28)26-14-15-30-20-10-4-3-9-19(20)26)25-16-17-6-5-13-24-23(17)29-18-7-1-2-8-18/h3-6,9-10,13,18H,1-2,7-8,11-12,14-16H2,(H,25,27). The van der Waals surface area contributed by atoms with Crippen molar-refractivity contribution in [1.82, 2.24) is 10.3 Å². The highest BCUT2D eigenvalue weighted by molar-refractivity contribution is 7.99. The fourth-order valence-corrected chi connectivity index (χ4v) is 4.89. The summed E-state index contributed by atoms with van der Waals surface area (Å²) in [5.41, 5.74) is 1.81. The monoisotopic (exact) mass is 425 g/mol. The van der Waals surface area contributed by atoms with Crippen LogP contribution in [0.2, 0.25) is 0 Å². The minimum atomic E-state index is -0.140. The van der Waals surface area contributed by atoms with E-state index in [0.29, 0.717) is 19.0 Å². The van der Waals surface area contributed by atoms with E-state index >= 15 is 0 Å². The number of hydrogen-bond donors (Lipinski definition) is 1. The van der Waals surface area contributed by atoms with E-state index in [9.17, 15) is 9.59 Å². The predicted octanol–water partition coefficient (Wildman–Crippen LogP) is 3.94. The number of hydrogen-bond acceptors (Lipinski definition) is 5. The van der Waals surface area contributed by atoms with Crippen LogP contribution in [0, 0.1) is 0 Å². The Balaban J connectivity index is 1.27. The first kappa shape index (κ1) is 20.7. The molecule has 30 heavy (non-hydrogen) atoms. The molecule has 1 fully saturated rings. The van der Waals surface area contributed by atoms with Crippen LogP contribution in [0.5, 0.6) is 5.88 Å². The second-order valence-corrected chi connectivity index (χ2v) is 8.77. The van der Waals surface area contributed by atoms with Gasteiger partial charge in [-0.3, -0.25) is 9.59 Å². The van der Waals surface area contributed by atoms with Crippen LogP contribution in [0.4, 0.5) is 5.69 Å². The number of fused-ring (bicyclic) bond motifs is 1. The number of benzene rings is 1. The molecule has 1 aromatic heterocycles. The molecule has 0 bridgehead atoms. The number of ether oxygens (including phenoxy) is 1. The van der Waals surface area contributed by atoms with Crippen LogP contribution in [0.15, 0.2) is 47.5 Å². The Bertz CT molecular complexity index is 899. The number of thioether (sulfide) groups is 1. The third-order valence-corrected chi connectivity index (χ3v) is 6.54. The van der Waals surface area contributed by atoms with Crippen molar-refractivity contribution in [2.75, 3.05) is 17.2 Å². The van der Waals surface area contributed by atoms with Crippen LogP contribution in [0.25, 0.3) is 0 Å². The number of para-hydroxylation sites is 1. The van der Waals surface area contributed by atoms with Crippen LogP contribution in [0.3, 0.4) is 0 Å². The van der Waals surface area contributed by atoms with E-state index in [0.717, 1.165) is 34.7 Å². The first-order chi connectivity index (χ1) is 14.7. The van der Waals surface area contributed by atoms with Gasteiger partial charge in [0.05, 0.1) is 5.69 Å². The number of nitrogens with one attached hydrogen (secondary N) is 1. The molecule has 0 spiro atoms. The van der Waals surface area contributed by atoms with Crippen molar-refractivity contribution in [3.63, 3.8) is 0 Å². The molecular weight excluding hydrogens is 398 g/mol. The molecule has 0 radical (unpaired) electrons. The lowest BCUT2D eigenvalue weighted by atomic mass is 10.2. The van der Waals surface area contributed by atoms with Gasteiger partial charge in [0.2, 0.25) is 17.7 Å². The van der Waals surface area contributed by atoms with E-state index in [1.807, 2.05) is 36.4 Å². The Labute approximate surface area is 181 Å². The summed E-state index contributed by atoms with van der Waals surface area (Å²) in [5, 5.41) is 2.91. The van der Waals surface area contributed by atoms with Gasteiger partial charge in [-0.15, -0.1) is 11.8 Å². The summed E-state index contributed by atoms with van der Waals surface area (Å²) in [6.45, 7) is 1.03. The second kappa shape index (κ2) is 9.98. The van der Waals surface area contributed by atoms with E-state index in [1.54, 1.807) is 22.9 Å². The summed E-state index contributed by atoms with van der Waals surface area (Å²) >= 11 is 1.76. The number of nitrogens with zero attached hydrogens (tertiary/aromatic N) is 2. The maximum atomic E-state index is 12.7. The van der Waals surface area contributed by atoms with Gasteiger partial charge in [0, 0.05) is 48.3 Å². The molecule has 6 nitrogen and oxygen atoms in total. The van der Waals surface area contributed by atoms with Crippen LogP contribution in [0.1, 0.15) is 44.1 Å². The molecule has 2 aromatic rings. The predicted molar refractivity (Wildman–Crippen MR) is 118 cm³/mol. The van der Waals surface area contributed by atoms with Crippen molar-refractivity contribution in [3.8, 4) is 5.88 Å². The minimum absolute atomic E-state index is 0.00969. The van der Waals surface area contributed by atoms with Gasteiger partial charge >= 0.3 is 0 Å². The van der Waals surface area contributed by atoms with Crippen molar-refractivity contribution in [1.29, 1.82) is 0 Å². The van der Waals surface area contributed by atoms with Gasteiger partial charge in [0.15, 0.2) is 0 Å². The average Bonchev–Trinajstić information content (AvgIpc) is 3.29. The van der Waals surface area contributed by atoms with Crippen molar-refractivity contribution < 1.29 is 14.3 Å². The van der Waals surface area contributed by atoms with E-state index in [2.05, 4.69) is 10.3 Å². The quantitative estimate of drug-likeness (QED) is 0.728. The zero-order chi connectivity index (χ0) is 20.8. The van der Waals surface area contributed by atoms with Crippen molar-refractivity contribution in [2.24, 2.45) is 0 Å². The van der Waals surface area contributed by atoms with Crippen LogP contribution in [-0.4, -0.2) is 35.2 Å². The summed E-state index contributed by atoms with van der Waals surface area (Å²) < 4.78 is 6.02. The molecule has 1 saturated carbocycles. The molecule has 4 rings (SSSR count). The number of anilines is 1. The van der Waals surface area contributed by atoms with Gasteiger partial charge in [-0.25, -0.2) is 4.98 Å². The van der Waals surface area contributed by atoms with Gasteiger partial charge in [0.1, 0.15) is 6.10 Å². The van der Waals surface area contributed by atoms with Gasteiger partial charge in [0.25, 0.3) is 0 Å². The smallest absolute Gasteiger partial charge is 0.227 e. The van der Waals surface area contributed by atoms with Crippen LogP contribution in [-0.2, 0) is 16.1 Å². The topological polar surface area (TPSA) is 71.5 Å². The summed E-state index contributed by atoms with van der Waals surface area (Å²) in [7, 11) is 0. The van der Waals surface area contributed by atoms with E-state index < -0.39 is 0 Å². The first-order valence-electron chi connectivity index (χ1n) is 10.6. The molecule has 0 saturated heterocycles. The fourth-order valence-electron chi connectivity index (χ4n) is 3.90. The average molecular weight is 426 g/mol. The molecule has 0 atom stereocenters. The highest BCUT2D eigenvalue weighted by Crippen LogP contribution is 2.34. The molecule has 2 heterocycles. The van der Waals surface area contributed by atoms with Crippen LogP contribution < -0.4 is 15.0 Å². The lowest BCUT2D eigenvalue weighted by molar-refractivity contribution is -0.125. The highest BCUT2D eigenvalue weighted by atomic mass is 32.2. The van der Waals surface area contributed by atoms with Gasteiger partial charge < -0.3 is 15.0 Å². The van der Waals surface area contributed by atoms with Gasteiger partial charge in [-0.05, 0) is 43.9 Å². The third-order valence-electron chi connectivity index (χ3n) is 5.50. The maximum Gasteiger partial charge on any atom is 0.227 e. The molecule has 2 amide bonds. The number of aromatic nitrogens is 1. The minimum Gasteiger partial charge on any atom is -0.474 e. The summed E-state index contributed by atoms with van der Waals surface area (Å²) in [6, 6.07) is 11.7. The van der Waals surface area contributed by atoms with E-state index in [4.69, 9.17) is 4.74 Å². The second-order valence-electron chi connectivity index (χ2n) is 7.63. The maximum absolute atomic E-state index is 12.7. The van der Waals surface area contributed by atoms with Gasteiger partial charge in [-0.2, -0.15) is 0 Å². The summed E-state index contributed by atoms with van der Waals surface area (Å²) in [4.78, 5) is 32.3. The molecule has 158 valence electrons. The molecule has 1 N–H and O–H groups in total. The summed E-state index contributed by atoms with van der Waals surface area (Å²) in [5.74, 6) is 1.33. The number of carbonyl (C=O) groups is 2. The molecule has 1 aliphatic carbocycles.